The van der Waals surface area contributed by atoms with Crippen LogP contribution in [-0.2, 0) is 10.0 Å². The molecule has 1 N–H and O–H groups in total. The van der Waals surface area contributed by atoms with E-state index in [1.807, 2.05) is 0 Å². The Hall–Kier alpha value is -1.67. The van der Waals surface area contributed by atoms with Crippen molar-refractivity contribution >= 4 is 44.8 Å². The number of nitrogens with zero attached hydrogens (tertiary/aromatic N) is 1. The quantitative estimate of drug-likeness (QED) is 0.754. The maximum Gasteiger partial charge on any atom is 0.255 e. The van der Waals surface area contributed by atoms with E-state index in [0.29, 0.717) is 10.7 Å². The molecule has 0 aliphatic rings. The Labute approximate surface area is 161 Å². The van der Waals surface area contributed by atoms with E-state index < -0.39 is 26.6 Å². The molecule has 9 heteroatoms. The number of hydrogen-bond donors (Lipinski definition) is 1. The van der Waals surface area contributed by atoms with E-state index in [1.165, 1.54) is 18.2 Å². The van der Waals surface area contributed by atoms with Crippen LogP contribution in [0.5, 0.6) is 0 Å². The lowest BCUT2D eigenvalue weighted by atomic mass is 10.2. The van der Waals surface area contributed by atoms with Gasteiger partial charge in [0.2, 0.25) is 10.0 Å². The highest BCUT2D eigenvalue weighted by Gasteiger charge is 2.26. The lowest BCUT2D eigenvalue weighted by Gasteiger charge is -2.19. The first-order chi connectivity index (χ1) is 12.2. The van der Waals surface area contributed by atoms with E-state index >= 15 is 0 Å². The van der Waals surface area contributed by atoms with Gasteiger partial charge >= 0.3 is 0 Å². The summed E-state index contributed by atoms with van der Waals surface area (Å²) in [5.41, 5.74) is 0.380. The molecule has 0 bridgehead atoms. The molecule has 0 saturated carbocycles. The van der Waals surface area contributed by atoms with Crippen LogP contribution < -0.4 is 5.32 Å². The number of benzene rings is 2. The molecule has 0 heterocycles. The lowest BCUT2D eigenvalue weighted by molar-refractivity contribution is 0.102. The van der Waals surface area contributed by atoms with Crippen LogP contribution in [0.4, 0.5) is 10.1 Å². The van der Waals surface area contributed by atoms with Gasteiger partial charge in [-0.1, -0.05) is 37.0 Å². The molecule has 0 aromatic heterocycles. The van der Waals surface area contributed by atoms with Crippen molar-refractivity contribution in [3.8, 4) is 0 Å². The molecule has 2 rings (SSSR count). The molecule has 26 heavy (non-hydrogen) atoms. The molecule has 0 fully saturated rings. The largest absolute Gasteiger partial charge is 0.322 e. The monoisotopic (exact) mass is 418 g/mol. The fraction of sp³-hybridized carbons (Fsp3) is 0.235. The zero-order valence-electron chi connectivity index (χ0n) is 14.1. The summed E-state index contributed by atoms with van der Waals surface area (Å²) in [4.78, 5) is 11.9. The lowest BCUT2D eigenvalue weighted by Crippen LogP contribution is -2.31. The highest BCUT2D eigenvalue weighted by atomic mass is 35.5. The Bertz CT molecular complexity index is 932. The number of anilines is 1. The number of sulfonamides is 1. The van der Waals surface area contributed by atoms with Crippen LogP contribution in [0, 0.1) is 5.82 Å². The van der Waals surface area contributed by atoms with Gasteiger partial charge in [-0.2, -0.15) is 4.31 Å². The van der Waals surface area contributed by atoms with Gasteiger partial charge in [0.1, 0.15) is 10.7 Å². The van der Waals surface area contributed by atoms with Gasteiger partial charge in [-0.25, -0.2) is 12.8 Å². The first-order valence-electron chi connectivity index (χ1n) is 7.76. The summed E-state index contributed by atoms with van der Waals surface area (Å²) in [6.07, 6.45) is 0. The normalized spacial score (nSPS) is 11.6. The maximum atomic E-state index is 14.1. The zero-order valence-corrected chi connectivity index (χ0v) is 16.4. The molecule has 140 valence electrons. The Morgan fingerprint density at radius 2 is 1.73 bits per heavy atom. The van der Waals surface area contributed by atoms with Gasteiger partial charge < -0.3 is 5.32 Å². The molecule has 0 atom stereocenters. The summed E-state index contributed by atoms with van der Waals surface area (Å²) in [6, 6.07) is 7.71. The van der Waals surface area contributed by atoms with Crippen molar-refractivity contribution < 1.29 is 17.6 Å². The summed E-state index contributed by atoms with van der Waals surface area (Å²) >= 11 is 11.7. The topological polar surface area (TPSA) is 66.5 Å². The Kier molecular flexibility index (Phi) is 6.63. The first kappa shape index (κ1) is 20.6. The molecular formula is C17H17Cl2FN2O3S. The molecule has 0 aliphatic carbocycles. The van der Waals surface area contributed by atoms with Gasteiger partial charge in [0, 0.05) is 24.3 Å². The minimum atomic E-state index is -4.03. The molecular weight excluding hydrogens is 402 g/mol. The Morgan fingerprint density at radius 1 is 1.08 bits per heavy atom. The molecule has 1 amide bonds. The molecule has 0 unspecified atom stereocenters. The zero-order chi connectivity index (χ0) is 19.5. The smallest absolute Gasteiger partial charge is 0.255 e. The van der Waals surface area contributed by atoms with Crippen molar-refractivity contribution in [1.29, 1.82) is 0 Å². The van der Waals surface area contributed by atoms with Gasteiger partial charge in [0.05, 0.1) is 10.0 Å². The van der Waals surface area contributed by atoms with E-state index in [4.69, 9.17) is 23.2 Å². The van der Waals surface area contributed by atoms with Gasteiger partial charge in [0.15, 0.2) is 0 Å². The van der Waals surface area contributed by atoms with Crippen molar-refractivity contribution in [2.24, 2.45) is 0 Å². The van der Waals surface area contributed by atoms with E-state index in [-0.39, 0.29) is 23.7 Å². The second-order valence-electron chi connectivity index (χ2n) is 5.32. The van der Waals surface area contributed by atoms with Crippen molar-refractivity contribution in [2.45, 2.75) is 18.7 Å². The summed E-state index contributed by atoms with van der Waals surface area (Å²) in [5, 5.41) is 3.16. The van der Waals surface area contributed by atoms with E-state index in [2.05, 4.69) is 5.32 Å². The molecule has 0 saturated heterocycles. The summed E-state index contributed by atoms with van der Waals surface area (Å²) in [5.74, 6) is -1.51. The second kappa shape index (κ2) is 8.35. The Balaban J connectivity index is 2.36. The minimum Gasteiger partial charge on any atom is -0.322 e. The molecule has 2 aromatic rings. The molecule has 5 nitrogen and oxygen atoms in total. The SMILES string of the molecule is CCN(CC)S(=O)(=O)c1cc(C(=O)Nc2ccc(Cl)c(Cl)c2)ccc1F. The third-order valence-electron chi connectivity index (χ3n) is 3.69. The third kappa shape index (κ3) is 4.35. The average molecular weight is 419 g/mol. The third-order valence-corrected chi connectivity index (χ3v) is 6.50. The van der Waals surface area contributed by atoms with E-state index in [1.54, 1.807) is 19.9 Å². The van der Waals surface area contributed by atoms with E-state index in [9.17, 15) is 17.6 Å². The fourth-order valence-electron chi connectivity index (χ4n) is 2.32. The molecule has 0 radical (unpaired) electrons. The van der Waals surface area contributed by atoms with Crippen molar-refractivity contribution in [1.82, 2.24) is 4.31 Å². The van der Waals surface area contributed by atoms with Gasteiger partial charge in [-0.15, -0.1) is 0 Å². The molecule has 0 aliphatic heterocycles. The number of halogens is 3. The summed E-state index contributed by atoms with van der Waals surface area (Å²) < 4.78 is 40.3. The van der Waals surface area contributed by atoms with Crippen LogP contribution in [0.2, 0.25) is 10.0 Å². The number of amides is 1. The van der Waals surface area contributed by atoms with Crippen LogP contribution in [0.3, 0.4) is 0 Å². The second-order valence-corrected chi connectivity index (χ2v) is 8.04. The highest BCUT2D eigenvalue weighted by molar-refractivity contribution is 7.89. The summed E-state index contributed by atoms with van der Waals surface area (Å²) in [7, 11) is -4.03. The van der Waals surface area contributed by atoms with Crippen LogP contribution in [-0.4, -0.2) is 31.7 Å². The van der Waals surface area contributed by atoms with Crippen molar-refractivity contribution in [3.05, 3.63) is 57.8 Å². The molecule has 0 spiro atoms. The predicted molar refractivity (Wildman–Crippen MR) is 101 cm³/mol. The van der Waals surface area contributed by atoms with Crippen molar-refractivity contribution in [2.75, 3.05) is 18.4 Å². The van der Waals surface area contributed by atoms with Crippen LogP contribution in [0.1, 0.15) is 24.2 Å². The van der Waals surface area contributed by atoms with Gasteiger partial charge in [0.25, 0.3) is 5.91 Å². The van der Waals surface area contributed by atoms with Crippen LogP contribution in [0.15, 0.2) is 41.3 Å². The minimum absolute atomic E-state index is 0.00297. The van der Waals surface area contributed by atoms with Gasteiger partial charge in [-0.3, -0.25) is 4.79 Å². The number of hydrogen-bond acceptors (Lipinski definition) is 3. The average Bonchev–Trinajstić information content (AvgIpc) is 2.59. The first-order valence-corrected chi connectivity index (χ1v) is 9.96. The fourth-order valence-corrected chi connectivity index (χ4v) is 4.17. The molecule has 2 aromatic carbocycles. The number of rotatable bonds is 6. The van der Waals surface area contributed by atoms with Crippen LogP contribution in [0.25, 0.3) is 0 Å². The van der Waals surface area contributed by atoms with Gasteiger partial charge in [-0.05, 0) is 36.4 Å². The highest BCUT2D eigenvalue weighted by Crippen LogP contribution is 2.26. The Morgan fingerprint density at radius 3 is 2.31 bits per heavy atom. The number of carbonyl (C=O) groups is 1. The van der Waals surface area contributed by atoms with Crippen molar-refractivity contribution in [3.63, 3.8) is 0 Å². The van der Waals surface area contributed by atoms with E-state index in [0.717, 1.165) is 16.4 Å². The standard InChI is InChI=1S/C17H17Cl2FN2O3S/c1-3-22(4-2)26(24,25)16-9-11(5-8-15(16)20)17(23)21-12-6-7-13(18)14(19)10-12/h5-10H,3-4H2,1-2H3,(H,21,23). The van der Waals surface area contributed by atoms with Crippen LogP contribution >= 0.6 is 23.2 Å². The number of carbonyl (C=O) groups excluding carboxylic acids is 1. The summed E-state index contributed by atoms with van der Waals surface area (Å²) in [6.45, 7) is 3.69. The number of nitrogens with one attached hydrogen (secondary N) is 1. The predicted octanol–water partition coefficient (Wildman–Crippen LogP) is 4.42. The maximum absolute atomic E-state index is 14.1.